The van der Waals surface area contributed by atoms with Crippen molar-refractivity contribution in [2.75, 3.05) is 14.2 Å². The number of methoxy groups -OCH3 is 1. The Balaban J connectivity index is 0.00000280. The maximum Gasteiger partial charge on any atom is 0.191 e. The van der Waals surface area contributed by atoms with Crippen molar-refractivity contribution in [1.82, 2.24) is 10.6 Å². The van der Waals surface area contributed by atoms with Gasteiger partial charge in [0.2, 0.25) is 0 Å². The Morgan fingerprint density at radius 3 is 2.54 bits per heavy atom. The van der Waals surface area contributed by atoms with Crippen molar-refractivity contribution >= 4 is 29.9 Å². The molecule has 1 heterocycles. The largest absolute Gasteiger partial charge is 0.487 e. The van der Waals surface area contributed by atoms with E-state index in [0.717, 1.165) is 18.1 Å². The zero-order valence-corrected chi connectivity index (χ0v) is 19.3. The van der Waals surface area contributed by atoms with Crippen LogP contribution in [-0.2, 0) is 17.9 Å². The molecule has 2 N–H and O–H groups in total. The van der Waals surface area contributed by atoms with Crippen LogP contribution in [0.4, 0.5) is 0 Å². The van der Waals surface area contributed by atoms with Crippen LogP contribution in [0.15, 0.2) is 53.5 Å². The number of benzene rings is 2. The Morgan fingerprint density at radius 1 is 1.14 bits per heavy atom. The van der Waals surface area contributed by atoms with Crippen LogP contribution >= 0.6 is 24.0 Å². The van der Waals surface area contributed by atoms with Gasteiger partial charge in [-0.3, -0.25) is 4.99 Å². The van der Waals surface area contributed by atoms with Crippen LogP contribution in [0.5, 0.6) is 5.75 Å². The second-order valence-corrected chi connectivity index (χ2v) is 7.43. The topological polar surface area (TPSA) is 54.9 Å². The molecule has 0 fully saturated rings. The molecule has 0 amide bonds. The predicted molar refractivity (Wildman–Crippen MR) is 124 cm³/mol. The van der Waals surface area contributed by atoms with Crippen molar-refractivity contribution < 1.29 is 9.47 Å². The normalized spacial score (nSPS) is 17.7. The van der Waals surface area contributed by atoms with E-state index in [1.165, 1.54) is 16.7 Å². The van der Waals surface area contributed by atoms with Gasteiger partial charge in [-0.05, 0) is 31.0 Å². The van der Waals surface area contributed by atoms with Crippen molar-refractivity contribution in [3.8, 4) is 5.75 Å². The number of halogens is 1. The second-order valence-electron chi connectivity index (χ2n) is 7.43. The number of hydrogen-bond acceptors (Lipinski definition) is 3. The van der Waals surface area contributed by atoms with Crippen LogP contribution in [-0.4, -0.2) is 25.7 Å². The number of hydrogen-bond donors (Lipinski definition) is 2. The molecule has 5 nitrogen and oxygen atoms in total. The van der Waals surface area contributed by atoms with Gasteiger partial charge in [0.05, 0.1) is 12.6 Å². The molecule has 0 bridgehead atoms. The van der Waals surface area contributed by atoms with Crippen LogP contribution in [0.25, 0.3) is 0 Å². The lowest BCUT2D eigenvalue weighted by atomic mass is 9.90. The molecule has 0 spiro atoms. The first-order chi connectivity index (χ1) is 13.0. The van der Waals surface area contributed by atoms with Gasteiger partial charge >= 0.3 is 0 Å². The van der Waals surface area contributed by atoms with Crippen molar-refractivity contribution in [3.05, 3.63) is 65.2 Å². The van der Waals surface area contributed by atoms with E-state index in [1.807, 2.05) is 30.3 Å². The molecule has 3 rings (SSSR count). The zero-order valence-electron chi connectivity index (χ0n) is 17.0. The Morgan fingerprint density at radius 2 is 1.82 bits per heavy atom. The van der Waals surface area contributed by atoms with Crippen LogP contribution in [0, 0.1) is 0 Å². The molecule has 0 aromatic heterocycles. The van der Waals surface area contributed by atoms with E-state index in [9.17, 15) is 0 Å². The van der Waals surface area contributed by atoms with E-state index in [0.29, 0.717) is 13.2 Å². The highest BCUT2D eigenvalue weighted by Gasteiger charge is 2.33. The molecule has 6 heteroatoms. The van der Waals surface area contributed by atoms with Crippen molar-refractivity contribution in [3.63, 3.8) is 0 Å². The number of para-hydroxylation sites is 1. The molecule has 1 aliphatic heterocycles. The molecule has 2 aromatic carbocycles. The third-order valence-electron chi connectivity index (χ3n) is 4.78. The Hall–Kier alpha value is -1.80. The minimum absolute atomic E-state index is 0. The molecule has 0 saturated heterocycles. The van der Waals surface area contributed by atoms with Gasteiger partial charge in [0.25, 0.3) is 0 Å². The third-order valence-corrected chi connectivity index (χ3v) is 4.78. The average Bonchev–Trinajstić information content (AvgIpc) is 2.65. The standard InChI is InChI=1S/C22H29N3O2.HI/c1-22(2)13-19(18-11-7-8-12-20(18)27-22)25-21(23-3)24-14-16-9-5-6-10-17(16)15-26-4;/h5-12,19H,13-15H2,1-4H3,(H2,23,24,25);1H. The van der Waals surface area contributed by atoms with Gasteiger partial charge in [-0.25, -0.2) is 0 Å². The molecule has 0 radical (unpaired) electrons. The van der Waals surface area contributed by atoms with Gasteiger partial charge < -0.3 is 20.1 Å². The minimum Gasteiger partial charge on any atom is -0.487 e. The molecule has 1 aliphatic rings. The average molecular weight is 495 g/mol. The summed E-state index contributed by atoms with van der Waals surface area (Å²) in [5, 5.41) is 7.00. The van der Waals surface area contributed by atoms with Crippen LogP contribution in [0.1, 0.15) is 43.0 Å². The van der Waals surface area contributed by atoms with Crippen LogP contribution < -0.4 is 15.4 Å². The summed E-state index contributed by atoms with van der Waals surface area (Å²) in [4.78, 5) is 4.42. The quantitative estimate of drug-likeness (QED) is 0.367. The summed E-state index contributed by atoms with van der Waals surface area (Å²) < 4.78 is 11.4. The molecule has 28 heavy (non-hydrogen) atoms. The highest BCUT2D eigenvalue weighted by Crippen LogP contribution is 2.39. The molecule has 152 valence electrons. The lowest BCUT2D eigenvalue weighted by molar-refractivity contribution is 0.0694. The van der Waals surface area contributed by atoms with Crippen LogP contribution in [0.3, 0.4) is 0 Å². The summed E-state index contributed by atoms with van der Waals surface area (Å²) in [5.41, 5.74) is 3.32. The van der Waals surface area contributed by atoms with E-state index in [4.69, 9.17) is 9.47 Å². The first kappa shape index (κ1) is 22.5. The molecular weight excluding hydrogens is 465 g/mol. The van der Waals surface area contributed by atoms with Crippen LogP contribution in [0.2, 0.25) is 0 Å². The number of ether oxygens (including phenoxy) is 2. The fourth-order valence-electron chi connectivity index (χ4n) is 3.50. The van der Waals surface area contributed by atoms with Gasteiger partial charge in [-0.15, -0.1) is 24.0 Å². The van der Waals surface area contributed by atoms with Gasteiger partial charge in [0.1, 0.15) is 11.4 Å². The van der Waals surface area contributed by atoms with E-state index >= 15 is 0 Å². The summed E-state index contributed by atoms with van der Waals surface area (Å²) in [6.07, 6.45) is 0.866. The van der Waals surface area contributed by atoms with E-state index < -0.39 is 0 Å². The molecule has 1 atom stereocenters. The van der Waals surface area contributed by atoms with Gasteiger partial charge in [0, 0.05) is 32.7 Å². The number of aliphatic imine (C=N–C) groups is 1. The third kappa shape index (κ3) is 5.61. The SMILES string of the molecule is CN=C(NCc1ccccc1COC)NC1CC(C)(C)Oc2ccccc21.I. The summed E-state index contributed by atoms with van der Waals surface area (Å²) in [7, 11) is 3.52. The molecule has 2 aromatic rings. The first-order valence-corrected chi connectivity index (χ1v) is 9.33. The Kier molecular flexibility index (Phi) is 8.12. The number of nitrogens with one attached hydrogen (secondary N) is 2. The lowest BCUT2D eigenvalue weighted by Crippen LogP contribution is -2.45. The molecule has 0 saturated carbocycles. The second kappa shape index (κ2) is 10.1. The molecule has 0 aliphatic carbocycles. The summed E-state index contributed by atoms with van der Waals surface area (Å²) in [6.45, 7) is 5.53. The Labute approximate surface area is 184 Å². The fraction of sp³-hybridized carbons (Fsp3) is 0.409. The highest BCUT2D eigenvalue weighted by atomic mass is 127. The van der Waals surface area contributed by atoms with Gasteiger partial charge in [-0.2, -0.15) is 0 Å². The summed E-state index contributed by atoms with van der Waals surface area (Å²) in [6, 6.07) is 16.6. The monoisotopic (exact) mass is 495 g/mol. The first-order valence-electron chi connectivity index (χ1n) is 9.33. The summed E-state index contributed by atoms with van der Waals surface area (Å²) >= 11 is 0. The maximum atomic E-state index is 6.12. The number of rotatable bonds is 5. The Bertz CT molecular complexity index is 808. The fourth-order valence-corrected chi connectivity index (χ4v) is 3.50. The van der Waals surface area contributed by atoms with E-state index in [-0.39, 0.29) is 35.6 Å². The zero-order chi connectivity index (χ0) is 19.3. The van der Waals surface area contributed by atoms with Crippen molar-refractivity contribution in [2.24, 2.45) is 4.99 Å². The lowest BCUT2D eigenvalue weighted by Gasteiger charge is -2.38. The van der Waals surface area contributed by atoms with Crippen molar-refractivity contribution in [2.45, 2.75) is 45.1 Å². The highest BCUT2D eigenvalue weighted by molar-refractivity contribution is 14.0. The van der Waals surface area contributed by atoms with E-state index in [2.05, 4.69) is 47.7 Å². The summed E-state index contributed by atoms with van der Waals surface area (Å²) in [5.74, 6) is 1.71. The number of nitrogens with zero attached hydrogens (tertiary/aromatic N) is 1. The number of guanidine groups is 1. The smallest absolute Gasteiger partial charge is 0.191 e. The number of fused-ring (bicyclic) bond motifs is 1. The molecule has 1 unspecified atom stereocenters. The molecular formula is C22H30IN3O2. The maximum absolute atomic E-state index is 6.12. The van der Waals surface area contributed by atoms with Gasteiger partial charge in [-0.1, -0.05) is 42.5 Å². The van der Waals surface area contributed by atoms with E-state index in [1.54, 1.807) is 14.2 Å². The van der Waals surface area contributed by atoms with Gasteiger partial charge in [0.15, 0.2) is 5.96 Å². The van der Waals surface area contributed by atoms with Crippen molar-refractivity contribution in [1.29, 1.82) is 0 Å². The predicted octanol–water partition coefficient (Wildman–Crippen LogP) is 4.42. The minimum atomic E-state index is -0.226.